The van der Waals surface area contributed by atoms with Gasteiger partial charge in [0.25, 0.3) is 5.92 Å². The fraction of sp³-hybridized carbons (Fsp3) is 0.700. The molecule has 2 N–H and O–H groups in total. The minimum absolute atomic E-state index is 0.0172. The van der Waals surface area contributed by atoms with Crippen LogP contribution in [0.25, 0.3) is 0 Å². The second-order valence-electron chi connectivity index (χ2n) is 8.67. The zero-order valence-electron chi connectivity index (χ0n) is 17.9. The van der Waals surface area contributed by atoms with Crippen molar-refractivity contribution in [2.45, 2.75) is 70.1 Å². The molecule has 0 spiro atoms. The number of nitrogens with two attached hydrogens (primary N) is 1. The smallest absolute Gasteiger partial charge is 0.336 e. The Morgan fingerprint density at radius 3 is 2.53 bits per heavy atom. The Kier molecular flexibility index (Phi) is 6.73. The third-order valence-electron chi connectivity index (χ3n) is 5.59. The number of hydrogen-bond acceptors (Lipinski definition) is 5. The van der Waals surface area contributed by atoms with Crippen molar-refractivity contribution in [2.24, 2.45) is 5.73 Å². The highest BCUT2D eigenvalue weighted by molar-refractivity contribution is 5.78. The fourth-order valence-electron chi connectivity index (χ4n) is 3.92. The molecule has 12 heteroatoms. The van der Waals surface area contributed by atoms with Crippen LogP contribution in [0, 0.1) is 0 Å². The van der Waals surface area contributed by atoms with Crippen LogP contribution in [0.15, 0.2) is 0 Å². The molecule has 3 heterocycles. The maximum Gasteiger partial charge on any atom is 0.433 e. The van der Waals surface area contributed by atoms with E-state index in [0.717, 1.165) is 4.90 Å². The second-order valence-corrected chi connectivity index (χ2v) is 8.67. The summed E-state index contributed by atoms with van der Waals surface area (Å²) >= 11 is 0. The third kappa shape index (κ3) is 5.51. The van der Waals surface area contributed by atoms with Crippen LogP contribution in [-0.2, 0) is 28.7 Å². The number of fused-ring (bicyclic) bond motifs is 1. The summed E-state index contributed by atoms with van der Waals surface area (Å²) in [7, 11) is 0. The Bertz CT molecular complexity index is 890. The lowest BCUT2D eigenvalue weighted by Gasteiger charge is -2.34. The van der Waals surface area contributed by atoms with Crippen LogP contribution >= 0.6 is 0 Å². The molecule has 1 unspecified atom stereocenters. The lowest BCUT2D eigenvalue weighted by molar-refractivity contribution is -0.148. The molecule has 0 bridgehead atoms. The van der Waals surface area contributed by atoms with Crippen LogP contribution < -0.4 is 5.73 Å². The molecule has 178 valence electrons. The number of hydrogen-bond donors (Lipinski definition) is 1. The van der Waals surface area contributed by atoms with E-state index in [-0.39, 0.29) is 61.9 Å². The van der Waals surface area contributed by atoms with Crippen LogP contribution in [-0.4, -0.2) is 63.2 Å². The van der Waals surface area contributed by atoms with Gasteiger partial charge in [-0.3, -0.25) is 9.59 Å². The van der Waals surface area contributed by atoms with E-state index in [9.17, 15) is 31.5 Å². The van der Waals surface area contributed by atoms with E-state index in [2.05, 4.69) is 9.97 Å². The number of carbonyl (C=O) groups is 2. The fourth-order valence-corrected chi connectivity index (χ4v) is 3.92. The van der Waals surface area contributed by atoms with Gasteiger partial charge in [-0.1, -0.05) is 13.8 Å². The molecule has 0 saturated carbocycles. The van der Waals surface area contributed by atoms with Gasteiger partial charge in [0.1, 0.15) is 5.82 Å². The van der Waals surface area contributed by atoms with E-state index in [4.69, 9.17) is 5.73 Å². The highest BCUT2D eigenvalue weighted by Gasteiger charge is 2.41. The van der Waals surface area contributed by atoms with Crippen LogP contribution in [0.1, 0.15) is 61.8 Å². The molecular formula is C20H26F5N5O2. The first-order valence-corrected chi connectivity index (χ1v) is 10.4. The van der Waals surface area contributed by atoms with Crippen molar-refractivity contribution in [3.8, 4) is 0 Å². The quantitative estimate of drug-likeness (QED) is 0.678. The maximum atomic E-state index is 13.6. The van der Waals surface area contributed by atoms with Crippen molar-refractivity contribution >= 4 is 11.8 Å². The Balaban J connectivity index is 1.69. The molecule has 1 saturated heterocycles. The van der Waals surface area contributed by atoms with Crippen LogP contribution in [0.4, 0.5) is 22.0 Å². The number of nitrogens with zero attached hydrogens (tertiary/aromatic N) is 4. The Morgan fingerprint density at radius 2 is 1.91 bits per heavy atom. The lowest BCUT2D eigenvalue weighted by atomic mass is 10.0. The molecule has 1 atom stereocenters. The van der Waals surface area contributed by atoms with Crippen molar-refractivity contribution in [3.05, 3.63) is 22.8 Å². The number of piperidine rings is 1. The Labute approximate surface area is 182 Å². The number of halogens is 5. The molecule has 0 aliphatic carbocycles. The Hall–Kier alpha value is -2.37. The number of alkyl halides is 5. The van der Waals surface area contributed by atoms with E-state index in [1.165, 1.54) is 4.90 Å². The molecule has 0 radical (unpaired) electrons. The van der Waals surface area contributed by atoms with Crippen molar-refractivity contribution < 1.29 is 31.5 Å². The van der Waals surface area contributed by atoms with Gasteiger partial charge in [0.05, 0.1) is 18.8 Å². The van der Waals surface area contributed by atoms with E-state index in [1.807, 2.05) is 0 Å². The van der Waals surface area contributed by atoms with E-state index >= 15 is 0 Å². The summed E-state index contributed by atoms with van der Waals surface area (Å²) in [6.07, 6.45) is -5.70. The molecular weight excluding hydrogens is 437 g/mol. The molecule has 3 rings (SSSR count). The van der Waals surface area contributed by atoms with Crippen LogP contribution in [0.5, 0.6) is 0 Å². The van der Waals surface area contributed by atoms with Crippen molar-refractivity contribution in [1.29, 1.82) is 0 Å². The summed E-state index contributed by atoms with van der Waals surface area (Å²) in [5.74, 6) is -4.15. The van der Waals surface area contributed by atoms with Crippen molar-refractivity contribution in [2.75, 3.05) is 19.6 Å². The largest absolute Gasteiger partial charge is 0.433 e. The maximum absolute atomic E-state index is 13.6. The van der Waals surface area contributed by atoms with Gasteiger partial charge in [0, 0.05) is 49.9 Å². The first kappa shape index (κ1) is 24.3. The van der Waals surface area contributed by atoms with E-state index in [0.29, 0.717) is 0 Å². The minimum atomic E-state index is -4.63. The molecule has 2 aliphatic heterocycles. The number of carbonyl (C=O) groups excluding carboxylic acids is 2. The van der Waals surface area contributed by atoms with Crippen LogP contribution in [0.3, 0.4) is 0 Å². The highest BCUT2D eigenvalue weighted by Crippen LogP contribution is 2.35. The summed E-state index contributed by atoms with van der Waals surface area (Å²) in [5, 5.41) is 0. The van der Waals surface area contributed by atoms with Gasteiger partial charge in [-0.25, -0.2) is 18.7 Å². The predicted octanol–water partition coefficient (Wildman–Crippen LogP) is 2.48. The van der Waals surface area contributed by atoms with Gasteiger partial charge >= 0.3 is 6.18 Å². The molecule has 2 amide bonds. The summed E-state index contributed by atoms with van der Waals surface area (Å²) < 4.78 is 67.6. The van der Waals surface area contributed by atoms with Gasteiger partial charge in [0.2, 0.25) is 11.8 Å². The summed E-state index contributed by atoms with van der Waals surface area (Å²) in [4.78, 5) is 34.8. The Morgan fingerprint density at radius 1 is 1.22 bits per heavy atom. The van der Waals surface area contributed by atoms with Gasteiger partial charge in [-0.15, -0.1) is 0 Å². The number of rotatable bonds is 5. The van der Waals surface area contributed by atoms with Crippen molar-refractivity contribution in [3.63, 3.8) is 0 Å². The molecule has 32 heavy (non-hydrogen) atoms. The molecule has 7 nitrogen and oxygen atoms in total. The summed E-state index contributed by atoms with van der Waals surface area (Å²) in [6, 6.07) is -0.871. The zero-order chi connectivity index (χ0) is 23.8. The molecule has 0 aromatic carbocycles. The standard InChI is InChI=1S/C20H26F5N5O2/c1-11(2)18-27-14-9-29(6-4-13(14)17(28-18)20(23,24)25)16(32)7-12(26)8-30-10-19(21,22)5-3-15(30)31/h11-12H,3-10,26H2,1-2H3. The molecule has 1 aromatic rings. The first-order chi connectivity index (χ1) is 14.8. The number of amides is 2. The second kappa shape index (κ2) is 8.87. The average molecular weight is 463 g/mol. The van der Waals surface area contributed by atoms with E-state index in [1.54, 1.807) is 13.8 Å². The SMILES string of the molecule is CC(C)c1nc2c(c(C(F)(F)F)n1)CCN(C(=O)CC(N)CN1CC(F)(F)CCC1=O)C2. The summed E-state index contributed by atoms with van der Waals surface area (Å²) in [5.41, 5.74) is 5.10. The topological polar surface area (TPSA) is 92.4 Å². The highest BCUT2D eigenvalue weighted by atomic mass is 19.4. The summed E-state index contributed by atoms with van der Waals surface area (Å²) in [6.45, 7) is 2.35. The van der Waals surface area contributed by atoms with E-state index < -0.39 is 48.6 Å². The average Bonchev–Trinajstić information content (AvgIpc) is 2.68. The predicted molar refractivity (Wildman–Crippen MR) is 104 cm³/mol. The van der Waals surface area contributed by atoms with Gasteiger partial charge in [-0.05, 0) is 6.42 Å². The molecule has 2 aliphatic rings. The number of likely N-dealkylation sites (tertiary alicyclic amines) is 1. The van der Waals surface area contributed by atoms with Gasteiger partial charge in [0.15, 0.2) is 5.69 Å². The minimum Gasteiger partial charge on any atom is -0.336 e. The lowest BCUT2D eigenvalue weighted by Crippen LogP contribution is -2.51. The number of aromatic nitrogens is 2. The zero-order valence-corrected chi connectivity index (χ0v) is 17.9. The van der Waals surface area contributed by atoms with Gasteiger partial charge in [-0.2, -0.15) is 13.2 Å². The van der Waals surface area contributed by atoms with Crippen molar-refractivity contribution in [1.82, 2.24) is 19.8 Å². The first-order valence-electron chi connectivity index (χ1n) is 10.4. The molecule has 1 fully saturated rings. The monoisotopic (exact) mass is 463 g/mol. The molecule has 1 aromatic heterocycles. The van der Waals surface area contributed by atoms with Gasteiger partial charge < -0.3 is 15.5 Å². The third-order valence-corrected chi connectivity index (χ3v) is 5.59. The normalized spacial score (nSPS) is 19.8. The van der Waals surface area contributed by atoms with Crippen LogP contribution in [0.2, 0.25) is 0 Å².